The smallest absolute Gasteiger partial charge is 0.475 e. The van der Waals surface area contributed by atoms with Crippen LogP contribution in [0.1, 0.15) is 56.7 Å². The second kappa shape index (κ2) is 14.9. The minimum absolute atomic E-state index is 0.224. The Hall–Kier alpha value is -3.38. The van der Waals surface area contributed by atoms with Gasteiger partial charge >= 0.3 is 18.1 Å². The fourth-order valence-electron chi connectivity index (χ4n) is 5.67. The molecule has 0 radical (unpaired) electrons. The zero-order chi connectivity index (χ0) is 31.8. The van der Waals surface area contributed by atoms with E-state index in [0.717, 1.165) is 16.9 Å². The quantitative estimate of drug-likeness (QED) is 0.148. The second-order valence-corrected chi connectivity index (χ2v) is 11.6. The number of likely N-dealkylation sites (tertiary alicyclic amines) is 1. The number of esters is 1. The fourth-order valence-corrected chi connectivity index (χ4v) is 6.59. The van der Waals surface area contributed by atoms with Crippen LogP contribution in [0.5, 0.6) is 0 Å². The number of benzene rings is 2. The number of carboxylic acids is 1. The van der Waals surface area contributed by atoms with E-state index in [4.69, 9.17) is 14.6 Å². The molecule has 2 N–H and O–H groups in total. The van der Waals surface area contributed by atoms with Crippen molar-refractivity contribution < 1.29 is 42.2 Å². The van der Waals surface area contributed by atoms with Gasteiger partial charge in [-0.15, -0.1) is 11.8 Å². The number of nitrogens with zero attached hydrogens (tertiary/aromatic N) is 1. The molecule has 0 spiro atoms. The summed E-state index contributed by atoms with van der Waals surface area (Å²) in [7, 11) is 1.34. The third kappa shape index (κ3) is 7.77. The number of halogens is 3. The zero-order valence-electron chi connectivity index (χ0n) is 24.4. The van der Waals surface area contributed by atoms with Gasteiger partial charge in [0, 0.05) is 23.9 Å². The number of ether oxygens (including phenoxy) is 1. The first-order valence-corrected chi connectivity index (χ1v) is 15.2. The Morgan fingerprint density at radius 1 is 1.00 bits per heavy atom. The highest BCUT2D eigenvalue weighted by Crippen LogP contribution is 2.50. The lowest BCUT2D eigenvalue weighted by Crippen LogP contribution is -2.57. The summed E-state index contributed by atoms with van der Waals surface area (Å²) < 4.78 is 37.0. The summed E-state index contributed by atoms with van der Waals surface area (Å²) in [6.45, 7) is 4.29. The van der Waals surface area contributed by atoms with Crippen LogP contribution in [0.4, 0.5) is 13.2 Å². The van der Waals surface area contributed by atoms with Gasteiger partial charge in [-0.1, -0.05) is 68.7 Å². The number of carbonyl (C=O) groups excluding carboxylic acids is 3. The van der Waals surface area contributed by atoms with E-state index >= 15 is 0 Å². The molecule has 0 aromatic heterocycles. The minimum Gasteiger partial charge on any atom is -0.475 e. The summed E-state index contributed by atoms with van der Waals surface area (Å²) in [4.78, 5) is 51.8. The summed E-state index contributed by atoms with van der Waals surface area (Å²) in [5.74, 6) is -4.20. The number of imide groups is 1. The van der Waals surface area contributed by atoms with E-state index in [1.807, 2.05) is 54.2 Å². The number of alkyl halides is 3. The average molecular weight is 623 g/mol. The maximum atomic E-state index is 13.5. The van der Waals surface area contributed by atoms with Crippen molar-refractivity contribution >= 4 is 35.5 Å². The lowest BCUT2D eigenvalue weighted by atomic mass is 9.76. The summed E-state index contributed by atoms with van der Waals surface area (Å²) in [5, 5.41) is 10.6. The van der Waals surface area contributed by atoms with Crippen molar-refractivity contribution in [2.45, 2.75) is 68.6 Å². The van der Waals surface area contributed by atoms with Gasteiger partial charge in [-0.3, -0.25) is 24.6 Å². The van der Waals surface area contributed by atoms with E-state index in [1.54, 1.807) is 6.92 Å². The van der Waals surface area contributed by atoms with Crippen LogP contribution in [-0.4, -0.2) is 64.9 Å². The summed E-state index contributed by atoms with van der Waals surface area (Å²) in [6.07, 6.45) is 0.114. The molecule has 12 heteroatoms. The van der Waals surface area contributed by atoms with Gasteiger partial charge in [-0.25, -0.2) is 4.79 Å². The third-order valence-corrected chi connectivity index (χ3v) is 8.78. The summed E-state index contributed by atoms with van der Waals surface area (Å²) >= 11 is 1.83. The molecule has 2 heterocycles. The molecule has 0 saturated carbocycles. The minimum atomic E-state index is -5.08. The molecule has 2 aliphatic heterocycles. The van der Waals surface area contributed by atoms with E-state index in [2.05, 4.69) is 24.4 Å². The van der Waals surface area contributed by atoms with Crippen LogP contribution in [0.15, 0.2) is 59.5 Å². The Kier molecular flexibility index (Phi) is 11.8. The van der Waals surface area contributed by atoms with Gasteiger partial charge < -0.3 is 9.84 Å². The Morgan fingerprint density at radius 2 is 1.63 bits per heavy atom. The van der Waals surface area contributed by atoms with Crippen molar-refractivity contribution in [2.75, 3.05) is 19.4 Å². The lowest BCUT2D eigenvalue weighted by molar-refractivity contribution is -0.192. The first kappa shape index (κ1) is 34.1. The molecule has 234 valence electrons. The number of nitrogens with one attached hydrogen (secondary N) is 1. The monoisotopic (exact) mass is 622 g/mol. The Labute approximate surface area is 253 Å². The summed E-state index contributed by atoms with van der Waals surface area (Å²) in [6, 6.07) is 17.3. The number of aliphatic carboxylic acids is 1. The van der Waals surface area contributed by atoms with Gasteiger partial charge in [-0.05, 0) is 42.4 Å². The predicted octanol–water partition coefficient (Wildman–Crippen LogP) is 5.41. The van der Waals surface area contributed by atoms with Gasteiger partial charge in [0.15, 0.2) is 0 Å². The van der Waals surface area contributed by atoms with E-state index in [1.165, 1.54) is 42.6 Å². The number of rotatable bonds is 11. The van der Waals surface area contributed by atoms with Crippen molar-refractivity contribution in [3.63, 3.8) is 0 Å². The Bertz CT molecular complexity index is 1270. The number of carbonyl (C=O) groups is 4. The molecule has 4 atom stereocenters. The predicted molar refractivity (Wildman–Crippen MR) is 155 cm³/mol. The Morgan fingerprint density at radius 3 is 2.16 bits per heavy atom. The molecule has 8 nitrogen and oxygen atoms in total. The van der Waals surface area contributed by atoms with Gasteiger partial charge in [0.1, 0.15) is 5.54 Å². The second-order valence-electron chi connectivity index (χ2n) is 10.5. The highest BCUT2D eigenvalue weighted by Gasteiger charge is 2.68. The molecule has 2 aliphatic rings. The number of hydrogen-bond donors (Lipinski definition) is 2. The van der Waals surface area contributed by atoms with Gasteiger partial charge in [0.25, 0.3) is 0 Å². The van der Waals surface area contributed by atoms with Crippen LogP contribution in [-0.2, 0) is 30.3 Å². The first-order valence-electron chi connectivity index (χ1n) is 14.2. The van der Waals surface area contributed by atoms with Crippen molar-refractivity contribution in [2.24, 2.45) is 11.8 Å². The number of methoxy groups -OCH3 is 1. The number of hydrogen-bond acceptors (Lipinski definition) is 7. The zero-order valence-corrected chi connectivity index (χ0v) is 25.2. The van der Waals surface area contributed by atoms with Crippen LogP contribution in [0.25, 0.3) is 0 Å². The molecule has 0 bridgehead atoms. The SMILES string of the molecule is CCCCCCSc1ccc(C2N[C@@](Cc3ccccc3)(C(=O)OC)C3C(=O)N(CC)C(=O)C23)cc1.O=C(O)C(F)(F)F. The molecule has 2 amide bonds. The molecule has 43 heavy (non-hydrogen) atoms. The number of fused-ring (bicyclic) bond motifs is 1. The van der Waals surface area contributed by atoms with E-state index in [0.29, 0.717) is 0 Å². The van der Waals surface area contributed by atoms with Crippen LogP contribution < -0.4 is 5.32 Å². The highest BCUT2D eigenvalue weighted by molar-refractivity contribution is 7.99. The molecule has 2 aromatic carbocycles. The van der Waals surface area contributed by atoms with Crippen LogP contribution in [0.2, 0.25) is 0 Å². The topological polar surface area (TPSA) is 113 Å². The van der Waals surface area contributed by atoms with Crippen LogP contribution >= 0.6 is 11.8 Å². The Balaban J connectivity index is 0.000000646. The van der Waals surface area contributed by atoms with Crippen molar-refractivity contribution in [1.29, 1.82) is 0 Å². The largest absolute Gasteiger partial charge is 0.490 e. The molecule has 2 saturated heterocycles. The number of amides is 2. The molecule has 2 aromatic rings. The van der Waals surface area contributed by atoms with Gasteiger partial charge in [0.05, 0.1) is 18.9 Å². The van der Waals surface area contributed by atoms with Crippen molar-refractivity contribution in [1.82, 2.24) is 10.2 Å². The van der Waals surface area contributed by atoms with Gasteiger partial charge in [-0.2, -0.15) is 13.2 Å². The summed E-state index contributed by atoms with van der Waals surface area (Å²) in [5.41, 5.74) is 0.479. The van der Waals surface area contributed by atoms with Crippen LogP contribution in [0, 0.1) is 11.8 Å². The first-order chi connectivity index (χ1) is 20.4. The van der Waals surface area contributed by atoms with Crippen LogP contribution in [0.3, 0.4) is 0 Å². The van der Waals surface area contributed by atoms with Crippen molar-refractivity contribution in [3.05, 3.63) is 65.7 Å². The third-order valence-electron chi connectivity index (χ3n) is 7.69. The molecule has 0 aliphatic carbocycles. The highest BCUT2D eigenvalue weighted by atomic mass is 32.2. The molecule has 3 unspecified atom stereocenters. The van der Waals surface area contributed by atoms with Gasteiger partial charge in [0.2, 0.25) is 11.8 Å². The number of thioether (sulfide) groups is 1. The number of carboxylic acid groups (broad SMARTS) is 1. The molecule has 4 rings (SSSR count). The maximum Gasteiger partial charge on any atom is 0.490 e. The standard InChI is InChI=1S/C29H36N2O4S.C2HF3O2/c1-4-6-7-11-18-36-22-16-14-21(15-17-22)25-23-24(27(33)31(5-2)26(23)32)29(30-25,28(34)35-3)19-20-12-9-8-10-13-20;3-2(4,5)1(6)7/h8-10,12-17,23-25,30H,4-7,11,18-19H2,1-3H3;(H,6,7)/t23?,24?,25?,29-;/m1./s1. The van der Waals surface area contributed by atoms with Crippen molar-refractivity contribution in [3.8, 4) is 0 Å². The average Bonchev–Trinajstić information content (AvgIpc) is 3.46. The molecular formula is C31H37F3N2O6S. The fraction of sp³-hybridized carbons (Fsp3) is 0.484. The van der Waals surface area contributed by atoms with E-state index in [-0.39, 0.29) is 24.8 Å². The van der Waals surface area contributed by atoms with E-state index < -0.39 is 41.5 Å². The van der Waals surface area contributed by atoms with E-state index in [9.17, 15) is 27.6 Å². The number of unbranched alkanes of at least 4 members (excludes halogenated alkanes) is 3. The lowest BCUT2D eigenvalue weighted by Gasteiger charge is -2.32. The maximum absolute atomic E-state index is 13.5. The molecule has 2 fully saturated rings. The normalized spacial score (nSPS) is 23.0. The molecular weight excluding hydrogens is 585 g/mol.